The number of hydrogen-bond acceptors (Lipinski definition) is 4. The minimum Gasteiger partial charge on any atom is -0.468 e. The van der Waals surface area contributed by atoms with Crippen molar-refractivity contribution in [1.29, 1.82) is 0 Å². The summed E-state index contributed by atoms with van der Waals surface area (Å²) in [6, 6.07) is 3.18. The molecule has 2 rings (SSSR count). The van der Waals surface area contributed by atoms with Crippen LogP contribution < -0.4 is 0 Å². The maximum absolute atomic E-state index is 13.5. The lowest BCUT2D eigenvalue weighted by atomic mass is 10.0. The first-order chi connectivity index (χ1) is 9.15. The molecule has 0 saturated carbocycles. The van der Waals surface area contributed by atoms with Gasteiger partial charge in [-0.25, -0.2) is 4.39 Å². The topological polar surface area (TPSA) is 26.3 Å². The third-order valence-electron chi connectivity index (χ3n) is 2.92. The van der Waals surface area contributed by atoms with Crippen LogP contribution in [0, 0.1) is 11.7 Å². The summed E-state index contributed by atoms with van der Waals surface area (Å²) in [5.74, 6) is 0.797. The van der Waals surface area contributed by atoms with Crippen LogP contribution >= 0.6 is 35.1 Å². The second-order valence-corrected chi connectivity index (χ2v) is 7.52. The van der Waals surface area contributed by atoms with Gasteiger partial charge in [-0.05, 0) is 29.9 Å². The van der Waals surface area contributed by atoms with Crippen molar-refractivity contribution in [2.24, 2.45) is 5.92 Å². The molecule has 0 aromatic heterocycles. The fourth-order valence-corrected chi connectivity index (χ4v) is 5.17. The van der Waals surface area contributed by atoms with Gasteiger partial charge in [-0.2, -0.15) is 0 Å². The highest BCUT2D eigenvalue weighted by Crippen LogP contribution is 2.45. The van der Waals surface area contributed by atoms with E-state index in [1.807, 2.05) is 11.8 Å². The Kier molecular flexibility index (Phi) is 5.42. The molecular weight excluding hydrogens is 307 g/mol. The molecule has 1 aliphatic rings. The van der Waals surface area contributed by atoms with Gasteiger partial charge in [-0.3, -0.25) is 4.79 Å². The lowest BCUT2D eigenvalue weighted by Gasteiger charge is -2.31. The Balaban J connectivity index is 2.22. The molecule has 0 amide bonds. The van der Waals surface area contributed by atoms with E-state index < -0.39 is 5.82 Å². The fraction of sp³-hybridized carbons (Fsp3) is 0.462. The van der Waals surface area contributed by atoms with Crippen LogP contribution in [0.2, 0.25) is 5.02 Å². The predicted octanol–water partition coefficient (Wildman–Crippen LogP) is 4.00. The maximum atomic E-state index is 13.5. The lowest BCUT2D eigenvalue weighted by molar-refractivity contribution is -0.129. The van der Waals surface area contributed by atoms with Gasteiger partial charge >= 0.3 is 0 Å². The molecule has 0 bridgehead atoms. The van der Waals surface area contributed by atoms with Gasteiger partial charge in [0, 0.05) is 10.8 Å². The Morgan fingerprint density at radius 2 is 2.42 bits per heavy atom. The van der Waals surface area contributed by atoms with Crippen molar-refractivity contribution in [3.63, 3.8) is 0 Å². The summed E-state index contributed by atoms with van der Waals surface area (Å²) in [5, 5.41) is 0.161. The van der Waals surface area contributed by atoms with Crippen LogP contribution in [0.25, 0.3) is 0 Å². The summed E-state index contributed by atoms with van der Waals surface area (Å²) in [5.41, 5.74) is 0.944. The molecule has 1 aliphatic heterocycles. The molecule has 2 unspecified atom stereocenters. The molecule has 2 atom stereocenters. The molecular formula is C13H14ClFO2S2. The summed E-state index contributed by atoms with van der Waals surface area (Å²) in [4.78, 5) is 11.4. The minimum absolute atomic E-state index is 0.161. The van der Waals surface area contributed by atoms with Crippen LogP contribution in [0.4, 0.5) is 4.39 Å². The van der Waals surface area contributed by atoms with E-state index in [9.17, 15) is 9.18 Å². The highest BCUT2D eigenvalue weighted by molar-refractivity contribution is 8.17. The zero-order valence-electron chi connectivity index (χ0n) is 10.4. The summed E-state index contributed by atoms with van der Waals surface area (Å²) >= 11 is 9.32. The van der Waals surface area contributed by atoms with Crippen molar-refractivity contribution in [3.8, 4) is 0 Å². The number of hydrogen-bond donors (Lipinski definition) is 0. The molecule has 19 heavy (non-hydrogen) atoms. The van der Waals surface area contributed by atoms with Crippen LogP contribution in [0.5, 0.6) is 0 Å². The van der Waals surface area contributed by atoms with E-state index in [1.54, 1.807) is 17.8 Å². The van der Waals surface area contributed by atoms with Crippen LogP contribution in [-0.4, -0.2) is 23.4 Å². The van der Waals surface area contributed by atoms with Crippen molar-refractivity contribution in [1.82, 2.24) is 0 Å². The summed E-state index contributed by atoms with van der Waals surface area (Å²) in [6.07, 6.45) is 0.710. The largest absolute Gasteiger partial charge is 0.468 e. The van der Waals surface area contributed by atoms with E-state index in [2.05, 4.69) is 6.92 Å². The lowest BCUT2D eigenvalue weighted by Crippen LogP contribution is -2.26. The standard InChI is InChI=1S/C13H14ClFO2S2/c1-2-18-13-9(6-17-7-16)3-8-4-11(15)10(14)5-12(8)19-13/h4-5,7,9,13H,2-3,6H2,1H3. The van der Waals surface area contributed by atoms with Gasteiger partial charge in [0.15, 0.2) is 0 Å². The summed E-state index contributed by atoms with van der Waals surface area (Å²) in [6.45, 7) is 2.93. The molecule has 0 spiro atoms. The molecule has 0 radical (unpaired) electrons. The third-order valence-corrected chi connectivity index (χ3v) is 6.21. The Hall–Kier alpha value is -0.390. The number of carbonyl (C=O) groups is 1. The molecule has 2 nitrogen and oxygen atoms in total. The molecule has 1 heterocycles. The number of rotatable bonds is 5. The van der Waals surface area contributed by atoms with Crippen molar-refractivity contribution >= 4 is 41.6 Å². The smallest absolute Gasteiger partial charge is 0.293 e. The van der Waals surface area contributed by atoms with Crippen molar-refractivity contribution in [3.05, 3.63) is 28.5 Å². The Bertz CT molecular complexity index is 470. The van der Waals surface area contributed by atoms with Crippen LogP contribution in [0.1, 0.15) is 12.5 Å². The number of ether oxygens (including phenoxy) is 1. The quantitative estimate of drug-likeness (QED) is 0.766. The molecule has 0 aliphatic carbocycles. The molecule has 1 aromatic carbocycles. The minimum atomic E-state index is -0.391. The number of thioether (sulfide) groups is 2. The molecule has 1 aromatic rings. The average Bonchev–Trinajstić information content (AvgIpc) is 2.39. The number of carbonyl (C=O) groups excluding carboxylic acids is 1. The number of halogens is 2. The van der Waals surface area contributed by atoms with E-state index in [0.29, 0.717) is 24.1 Å². The van der Waals surface area contributed by atoms with Crippen LogP contribution in [-0.2, 0) is 16.0 Å². The van der Waals surface area contributed by atoms with E-state index in [4.69, 9.17) is 16.3 Å². The van der Waals surface area contributed by atoms with E-state index in [0.717, 1.165) is 16.2 Å². The van der Waals surface area contributed by atoms with Crippen molar-refractivity contribution in [2.75, 3.05) is 12.4 Å². The number of fused-ring (bicyclic) bond motifs is 1. The first-order valence-electron chi connectivity index (χ1n) is 5.97. The first kappa shape index (κ1) is 15.0. The van der Waals surface area contributed by atoms with Crippen molar-refractivity contribution in [2.45, 2.75) is 22.8 Å². The molecule has 104 valence electrons. The monoisotopic (exact) mass is 320 g/mol. The first-order valence-corrected chi connectivity index (χ1v) is 8.27. The second kappa shape index (κ2) is 6.86. The Morgan fingerprint density at radius 3 is 3.11 bits per heavy atom. The van der Waals surface area contributed by atoms with Gasteiger partial charge in [0.1, 0.15) is 5.82 Å². The SMILES string of the molecule is CCSC1Sc2cc(Cl)c(F)cc2CC1COC=O. The van der Waals surface area contributed by atoms with Gasteiger partial charge in [0.2, 0.25) is 0 Å². The fourth-order valence-electron chi connectivity index (χ4n) is 2.07. The Labute approximate surface area is 125 Å². The highest BCUT2D eigenvalue weighted by Gasteiger charge is 2.30. The highest BCUT2D eigenvalue weighted by atomic mass is 35.5. The zero-order valence-corrected chi connectivity index (χ0v) is 12.8. The molecule has 0 N–H and O–H groups in total. The zero-order chi connectivity index (χ0) is 13.8. The van der Waals surface area contributed by atoms with E-state index >= 15 is 0 Å². The van der Waals surface area contributed by atoms with Gasteiger partial charge in [-0.15, -0.1) is 23.5 Å². The summed E-state index contributed by atoms with van der Waals surface area (Å²) in [7, 11) is 0. The predicted molar refractivity (Wildman–Crippen MR) is 78.4 cm³/mol. The molecule has 0 fully saturated rings. The van der Waals surface area contributed by atoms with Crippen molar-refractivity contribution < 1.29 is 13.9 Å². The molecule has 6 heteroatoms. The van der Waals surface area contributed by atoms with Crippen LogP contribution in [0.3, 0.4) is 0 Å². The van der Waals surface area contributed by atoms with Gasteiger partial charge in [0.05, 0.1) is 16.2 Å². The normalized spacial score (nSPS) is 21.8. The van der Waals surface area contributed by atoms with E-state index in [1.165, 1.54) is 6.07 Å². The van der Waals surface area contributed by atoms with Gasteiger partial charge in [-0.1, -0.05) is 18.5 Å². The Morgan fingerprint density at radius 1 is 1.63 bits per heavy atom. The van der Waals surface area contributed by atoms with Gasteiger partial charge < -0.3 is 4.74 Å². The average molecular weight is 321 g/mol. The summed E-state index contributed by atoms with van der Waals surface area (Å²) < 4.78 is 18.7. The molecule has 0 saturated heterocycles. The maximum Gasteiger partial charge on any atom is 0.293 e. The van der Waals surface area contributed by atoms with Gasteiger partial charge in [0.25, 0.3) is 6.47 Å². The number of benzene rings is 1. The second-order valence-electron chi connectivity index (χ2n) is 4.21. The van der Waals surface area contributed by atoms with Crippen LogP contribution in [0.15, 0.2) is 17.0 Å². The third kappa shape index (κ3) is 3.58. The van der Waals surface area contributed by atoms with E-state index in [-0.39, 0.29) is 10.9 Å².